The van der Waals surface area contributed by atoms with E-state index in [2.05, 4.69) is 9.97 Å². The van der Waals surface area contributed by atoms with Crippen LogP contribution in [0.5, 0.6) is 5.75 Å². The number of nitrogens with zero attached hydrogens (tertiary/aromatic N) is 2. The third kappa shape index (κ3) is 1.40. The molecule has 2 aromatic heterocycles. The van der Waals surface area contributed by atoms with Gasteiger partial charge in [0.25, 0.3) is 0 Å². The Morgan fingerprint density at radius 2 is 2.31 bits per heavy atom. The summed E-state index contributed by atoms with van der Waals surface area (Å²) in [6, 6.07) is 1.64. The Labute approximate surface area is 83.3 Å². The maximum atomic E-state index is 5.74. The average Bonchev–Trinajstić information content (AvgIpc) is 2.43. The minimum atomic E-state index is 0.356. The summed E-state index contributed by atoms with van der Waals surface area (Å²) >= 11 is 7.08. The summed E-state index contributed by atoms with van der Waals surface area (Å²) in [6.07, 6.45) is 0. The molecular formula is C7H6ClN3OS. The molecule has 0 aliphatic carbocycles. The Morgan fingerprint density at radius 1 is 1.54 bits per heavy atom. The molecule has 4 nitrogen and oxygen atoms in total. The first kappa shape index (κ1) is 8.52. The standard InChI is InChI=1S/C7H6ClN3OS/c1-12-3-2-4(8)10-6-5(3)13-7(9)11-6/h2H,1H3,(H2,9,10,11). The summed E-state index contributed by atoms with van der Waals surface area (Å²) in [5, 5.41) is 0.817. The number of anilines is 1. The van der Waals surface area contributed by atoms with E-state index in [4.69, 9.17) is 22.1 Å². The molecule has 2 heterocycles. The third-order valence-electron chi connectivity index (χ3n) is 1.53. The second kappa shape index (κ2) is 3.01. The fraction of sp³-hybridized carbons (Fsp3) is 0.143. The molecule has 2 rings (SSSR count). The lowest BCUT2D eigenvalue weighted by atomic mass is 10.4. The summed E-state index contributed by atoms with van der Waals surface area (Å²) in [5.41, 5.74) is 6.07. The minimum Gasteiger partial charge on any atom is -0.495 e. The lowest BCUT2D eigenvalue weighted by Crippen LogP contribution is -1.86. The van der Waals surface area contributed by atoms with Crippen molar-refractivity contribution in [2.75, 3.05) is 12.8 Å². The largest absolute Gasteiger partial charge is 0.495 e. The molecule has 0 bridgehead atoms. The minimum absolute atomic E-state index is 0.356. The zero-order valence-corrected chi connectivity index (χ0v) is 8.32. The number of fused-ring (bicyclic) bond motifs is 1. The van der Waals surface area contributed by atoms with E-state index in [1.54, 1.807) is 13.2 Å². The fourth-order valence-electron chi connectivity index (χ4n) is 1.02. The highest BCUT2D eigenvalue weighted by molar-refractivity contribution is 7.22. The third-order valence-corrected chi connectivity index (χ3v) is 2.61. The van der Waals surface area contributed by atoms with Gasteiger partial charge in [0, 0.05) is 6.07 Å². The number of hydrogen-bond donors (Lipinski definition) is 1. The van der Waals surface area contributed by atoms with Gasteiger partial charge in [-0.1, -0.05) is 22.9 Å². The van der Waals surface area contributed by atoms with E-state index in [-0.39, 0.29) is 0 Å². The zero-order chi connectivity index (χ0) is 9.42. The summed E-state index contributed by atoms with van der Waals surface area (Å²) in [7, 11) is 1.57. The summed E-state index contributed by atoms with van der Waals surface area (Å²) in [5.74, 6) is 0.657. The van der Waals surface area contributed by atoms with Gasteiger partial charge in [0.05, 0.1) is 7.11 Å². The monoisotopic (exact) mass is 215 g/mol. The summed E-state index contributed by atoms with van der Waals surface area (Å²) in [6.45, 7) is 0. The zero-order valence-electron chi connectivity index (χ0n) is 6.74. The topological polar surface area (TPSA) is 61.0 Å². The molecular weight excluding hydrogens is 210 g/mol. The van der Waals surface area contributed by atoms with E-state index in [1.807, 2.05) is 0 Å². The second-order valence-electron chi connectivity index (χ2n) is 2.35. The molecule has 0 aliphatic heterocycles. The van der Waals surface area contributed by atoms with Crippen LogP contribution in [0.3, 0.4) is 0 Å². The number of ether oxygens (including phenoxy) is 1. The summed E-state index contributed by atoms with van der Waals surface area (Å²) < 4.78 is 5.94. The Morgan fingerprint density at radius 3 is 3.00 bits per heavy atom. The van der Waals surface area contributed by atoms with Gasteiger partial charge in [-0.25, -0.2) is 9.97 Å². The van der Waals surface area contributed by atoms with Crippen LogP contribution >= 0.6 is 22.9 Å². The van der Waals surface area contributed by atoms with E-state index in [0.717, 1.165) is 4.70 Å². The molecule has 0 saturated heterocycles. The molecule has 68 valence electrons. The van der Waals surface area contributed by atoms with Crippen LogP contribution in [0.2, 0.25) is 5.15 Å². The van der Waals surface area contributed by atoms with Gasteiger partial charge in [-0.2, -0.15) is 0 Å². The molecule has 2 aromatic rings. The Balaban J connectivity index is 2.80. The Kier molecular flexibility index (Phi) is 1.97. The van der Waals surface area contributed by atoms with Crippen molar-refractivity contribution in [2.45, 2.75) is 0 Å². The molecule has 0 aromatic carbocycles. The highest BCUT2D eigenvalue weighted by Gasteiger charge is 2.09. The smallest absolute Gasteiger partial charge is 0.182 e. The predicted octanol–water partition coefficient (Wildman–Crippen LogP) is 1.94. The highest BCUT2D eigenvalue weighted by Crippen LogP contribution is 2.32. The van der Waals surface area contributed by atoms with E-state index in [0.29, 0.717) is 21.7 Å². The van der Waals surface area contributed by atoms with E-state index in [1.165, 1.54) is 11.3 Å². The lowest BCUT2D eigenvalue weighted by molar-refractivity contribution is 0.420. The normalized spacial score (nSPS) is 10.6. The number of methoxy groups -OCH3 is 1. The molecule has 0 atom stereocenters. The maximum Gasteiger partial charge on any atom is 0.182 e. The molecule has 0 spiro atoms. The van der Waals surface area contributed by atoms with Crippen LogP contribution in [0.25, 0.3) is 10.3 Å². The van der Waals surface area contributed by atoms with Crippen molar-refractivity contribution in [3.63, 3.8) is 0 Å². The second-order valence-corrected chi connectivity index (χ2v) is 3.77. The molecule has 2 N–H and O–H groups in total. The molecule has 0 aliphatic rings. The number of nitrogen functional groups attached to an aromatic ring is 1. The van der Waals surface area contributed by atoms with E-state index in [9.17, 15) is 0 Å². The first-order valence-electron chi connectivity index (χ1n) is 3.47. The summed E-state index contributed by atoms with van der Waals surface area (Å²) in [4.78, 5) is 8.01. The Hall–Kier alpha value is -1.07. The quantitative estimate of drug-likeness (QED) is 0.739. The predicted molar refractivity (Wildman–Crippen MR) is 53.4 cm³/mol. The number of thiazole rings is 1. The number of pyridine rings is 1. The first-order valence-corrected chi connectivity index (χ1v) is 4.66. The van der Waals surface area contributed by atoms with Crippen molar-refractivity contribution in [3.8, 4) is 5.75 Å². The van der Waals surface area contributed by atoms with Crippen LogP contribution < -0.4 is 10.5 Å². The molecule has 0 radical (unpaired) electrons. The molecule has 13 heavy (non-hydrogen) atoms. The van der Waals surface area contributed by atoms with Gasteiger partial charge in [-0.05, 0) is 0 Å². The molecule has 0 saturated carbocycles. The highest BCUT2D eigenvalue weighted by atomic mass is 35.5. The number of hydrogen-bond acceptors (Lipinski definition) is 5. The van der Waals surface area contributed by atoms with Crippen LogP contribution in [0.1, 0.15) is 0 Å². The Bertz CT molecular complexity index is 456. The van der Waals surface area contributed by atoms with Gasteiger partial charge in [-0.15, -0.1) is 0 Å². The fourth-order valence-corrected chi connectivity index (χ4v) is 1.97. The maximum absolute atomic E-state index is 5.74. The van der Waals surface area contributed by atoms with E-state index < -0.39 is 0 Å². The molecule has 0 fully saturated rings. The van der Waals surface area contributed by atoms with Crippen LogP contribution in [0.15, 0.2) is 6.07 Å². The van der Waals surface area contributed by atoms with Crippen molar-refractivity contribution >= 4 is 38.4 Å². The van der Waals surface area contributed by atoms with Gasteiger partial charge in [0.1, 0.15) is 15.6 Å². The van der Waals surface area contributed by atoms with Gasteiger partial charge < -0.3 is 10.5 Å². The SMILES string of the molecule is COc1cc(Cl)nc2nc(N)sc12. The number of aromatic nitrogens is 2. The lowest BCUT2D eigenvalue weighted by Gasteiger charge is -1.99. The van der Waals surface area contributed by atoms with Gasteiger partial charge in [0.15, 0.2) is 10.8 Å². The van der Waals surface area contributed by atoms with Crippen LogP contribution in [0, 0.1) is 0 Å². The molecule has 0 unspecified atom stereocenters. The number of halogens is 1. The van der Waals surface area contributed by atoms with Crippen LogP contribution in [-0.2, 0) is 0 Å². The van der Waals surface area contributed by atoms with Gasteiger partial charge in [0.2, 0.25) is 0 Å². The van der Waals surface area contributed by atoms with Crippen molar-refractivity contribution in [3.05, 3.63) is 11.2 Å². The number of rotatable bonds is 1. The average molecular weight is 216 g/mol. The van der Waals surface area contributed by atoms with Gasteiger partial charge >= 0.3 is 0 Å². The van der Waals surface area contributed by atoms with Gasteiger partial charge in [-0.3, -0.25) is 0 Å². The van der Waals surface area contributed by atoms with Crippen molar-refractivity contribution in [1.29, 1.82) is 0 Å². The van der Waals surface area contributed by atoms with Crippen LogP contribution in [-0.4, -0.2) is 17.1 Å². The van der Waals surface area contributed by atoms with Crippen LogP contribution in [0.4, 0.5) is 5.13 Å². The molecule has 0 amide bonds. The first-order chi connectivity index (χ1) is 6.20. The van der Waals surface area contributed by atoms with Crippen molar-refractivity contribution < 1.29 is 4.74 Å². The van der Waals surface area contributed by atoms with Crippen molar-refractivity contribution in [2.24, 2.45) is 0 Å². The van der Waals surface area contributed by atoms with Crippen molar-refractivity contribution in [1.82, 2.24) is 9.97 Å². The number of nitrogens with two attached hydrogens (primary N) is 1. The van der Waals surface area contributed by atoms with E-state index >= 15 is 0 Å². The molecule has 6 heteroatoms.